The first-order valence-electron chi connectivity index (χ1n) is 7.95. The van der Waals surface area contributed by atoms with Crippen LogP contribution in [0.25, 0.3) is 6.08 Å². The van der Waals surface area contributed by atoms with Gasteiger partial charge in [-0.05, 0) is 30.7 Å². The van der Waals surface area contributed by atoms with Crippen molar-refractivity contribution in [2.75, 3.05) is 13.1 Å². The molecule has 0 atom stereocenters. The zero-order valence-electron chi connectivity index (χ0n) is 13.3. The molecule has 0 radical (unpaired) electrons. The van der Waals surface area contributed by atoms with Crippen LogP contribution in [0, 0.1) is 0 Å². The van der Waals surface area contributed by atoms with Crippen LogP contribution in [0.2, 0.25) is 0 Å². The predicted molar refractivity (Wildman–Crippen MR) is 86.9 cm³/mol. The lowest BCUT2D eigenvalue weighted by Crippen LogP contribution is -2.36. The van der Waals surface area contributed by atoms with Crippen LogP contribution in [0.3, 0.4) is 0 Å². The van der Waals surface area contributed by atoms with E-state index in [1.165, 1.54) is 6.08 Å². The second kappa shape index (κ2) is 7.40. The molecule has 2 rings (SSSR count). The van der Waals surface area contributed by atoms with E-state index in [9.17, 15) is 9.59 Å². The van der Waals surface area contributed by atoms with Gasteiger partial charge in [-0.25, -0.2) is 4.79 Å². The van der Waals surface area contributed by atoms with E-state index in [4.69, 9.17) is 5.11 Å². The molecule has 0 amide bonds. The molecule has 0 spiro atoms. The molecule has 5 heteroatoms. The molecule has 0 saturated carbocycles. The Kier molecular flexibility index (Phi) is 5.55. The van der Waals surface area contributed by atoms with E-state index >= 15 is 0 Å². The van der Waals surface area contributed by atoms with Crippen LogP contribution < -0.4 is 5.56 Å². The monoisotopic (exact) mass is 304 g/mol. The minimum atomic E-state index is -1.03. The summed E-state index contributed by atoms with van der Waals surface area (Å²) in [6.45, 7) is 7.71. The van der Waals surface area contributed by atoms with Gasteiger partial charge in [0.25, 0.3) is 5.56 Å². The Morgan fingerprint density at radius 2 is 2.18 bits per heavy atom. The number of fused-ring (bicyclic) bond motifs is 1. The molecule has 1 aliphatic heterocycles. The number of pyridine rings is 1. The highest BCUT2D eigenvalue weighted by atomic mass is 16.4. The lowest BCUT2D eigenvalue weighted by atomic mass is 10.0. The van der Waals surface area contributed by atoms with Gasteiger partial charge in [0, 0.05) is 43.4 Å². The third-order valence-electron chi connectivity index (χ3n) is 4.17. The summed E-state index contributed by atoms with van der Waals surface area (Å²) in [7, 11) is 0. The quantitative estimate of drug-likeness (QED) is 0.818. The van der Waals surface area contributed by atoms with Crippen LogP contribution in [0.4, 0.5) is 0 Å². The van der Waals surface area contributed by atoms with Gasteiger partial charge in [0.05, 0.1) is 0 Å². The number of unbranched alkanes of at least 4 members (excludes halogenated alkanes) is 1. The van der Waals surface area contributed by atoms with Crippen LogP contribution in [0.5, 0.6) is 0 Å². The second-order valence-corrected chi connectivity index (χ2v) is 5.67. The molecule has 0 bridgehead atoms. The van der Waals surface area contributed by atoms with Gasteiger partial charge in [0.1, 0.15) is 0 Å². The van der Waals surface area contributed by atoms with E-state index < -0.39 is 5.97 Å². The maximum atomic E-state index is 12.6. The zero-order chi connectivity index (χ0) is 16.1. The first kappa shape index (κ1) is 16.5. The molecule has 1 aromatic rings. The smallest absolute Gasteiger partial charge is 0.328 e. The van der Waals surface area contributed by atoms with Gasteiger partial charge in [-0.15, -0.1) is 0 Å². The normalized spacial score (nSPS) is 15.2. The second-order valence-electron chi connectivity index (χ2n) is 5.67. The van der Waals surface area contributed by atoms with E-state index in [1.807, 2.05) is 10.6 Å². The molecule has 2 heterocycles. The van der Waals surface area contributed by atoms with Crippen molar-refractivity contribution in [3.8, 4) is 0 Å². The minimum Gasteiger partial charge on any atom is -0.478 e. The van der Waals surface area contributed by atoms with E-state index in [-0.39, 0.29) is 5.56 Å². The Balaban J connectivity index is 2.48. The van der Waals surface area contributed by atoms with Gasteiger partial charge < -0.3 is 9.67 Å². The lowest BCUT2D eigenvalue weighted by Gasteiger charge is -2.30. The number of carboxylic acid groups (broad SMARTS) is 1. The van der Waals surface area contributed by atoms with Gasteiger partial charge in [0.2, 0.25) is 0 Å². The maximum Gasteiger partial charge on any atom is 0.328 e. The average Bonchev–Trinajstić information content (AvgIpc) is 2.51. The van der Waals surface area contributed by atoms with Crippen LogP contribution in [-0.2, 0) is 24.3 Å². The molecule has 0 aromatic carbocycles. The summed E-state index contributed by atoms with van der Waals surface area (Å²) >= 11 is 0. The van der Waals surface area contributed by atoms with Crippen molar-refractivity contribution >= 4 is 12.0 Å². The molecule has 0 aliphatic carbocycles. The Hall–Kier alpha value is -1.88. The van der Waals surface area contributed by atoms with Gasteiger partial charge >= 0.3 is 5.97 Å². The predicted octanol–water partition coefficient (Wildman–Crippen LogP) is 2.12. The Labute approximate surface area is 130 Å². The number of aromatic nitrogens is 1. The van der Waals surface area contributed by atoms with Crippen molar-refractivity contribution in [1.29, 1.82) is 0 Å². The third-order valence-corrected chi connectivity index (χ3v) is 4.17. The fourth-order valence-corrected chi connectivity index (χ4v) is 2.90. The summed E-state index contributed by atoms with van der Waals surface area (Å²) in [6, 6.07) is 1.86. The molecular weight excluding hydrogens is 280 g/mol. The maximum absolute atomic E-state index is 12.6. The van der Waals surface area contributed by atoms with Crippen molar-refractivity contribution < 1.29 is 9.90 Å². The van der Waals surface area contributed by atoms with Gasteiger partial charge in [-0.3, -0.25) is 9.69 Å². The molecule has 1 aromatic heterocycles. The number of carboxylic acids is 1. The molecule has 1 aliphatic rings. The molecule has 1 N–H and O–H groups in total. The lowest BCUT2D eigenvalue weighted by molar-refractivity contribution is -0.131. The number of hydrogen-bond acceptors (Lipinski definition) is 3. The number of carbonyl (C=O) groups is 1. The topological polar surface area (TPSA) is 62.5 Å². The largest absolute Gasteiger partial charge is 0.478 e. The van der Waals surface area contributed by atoms with E-state index in [1.54, 1.807) is 0 Å². The van der Waals surface area contributed by atoms with Crippen LogP contribution in [0.1, 0.15) is 43.5 Å². The Bertz CT molecular complexity index is 632. The van der Waals surface area contributed by atoms with Gasteiger partial charge in [-0.1, -0.05) is 20.3 Å². The molecule has 0 saturated heterocycles. The van der Waals surface area contributed by atoms with Gasteiger partial charge in [0.15, 0.2) is 0 Å². The Morgan fingerprint density at radius 3 is 2.82 bits per heavy atom. The fourth-order valence-electron chi connectivity index (χ4n) is 2.90. The van der Waals surface area contributed by atoms with Crippen molar-refractivity contribution in [3.05, 3.63) is 39.3 Å². The SMILES string of the molecule is CCCCn1c2c(cc(/C=C/C(=O)O)c1=O)CN(CC)CC2. The number of aliphatic carboxylic acids is 1. The standard InChI is InChI=1S/C17H24N2O3/c1-3-5-9-19-15-8-10-18(4-2)12-14(15)11-13(17(19)22)6-7-16(20)21/h6-7,11H,3-5,8-10,12H2,1-2H3,(H,20,21)/b7-6+. The summed E-state index contributed by atoms with van der Waals surface area (Å²) in [5, 5.41) is 8.79. The summed E-state index contributed by atoms with van der Waals surface area (Å²) < 4.78 is 1.85. The Morgan fingerprint density at radius 1 is 1.41 bits per heavy atom. The van der Waals surface area contributed by atoms with E-state index in [0.717, 1.165) is 56.2 Å². The highest BCUT2D eigenvalue weighted by molar-refractivity contribution is 5.85. The molecule has 0 unspecified atom stereocenters. The van der Waals surface area contributed by atoms with Crippen molar-refractivity contribution in [3.63, 3.8) is 0 Å². The van der Waals surface area contributed by atoms with Gasteiger partial charge in [-0.2, -0.15) is 0 Å². The van der Waals surface area contributed by atoms with E-state index in [0.29, 0.717) is 12.1 Å². The number of hydrogen-bond donors (Lipinski definition) is 1. The summed E-state index contributed by atoms with van der Waals surface area (Å²) in [5.74, 6) is -1.03. The molecule has 5 nitrogen and oxygen atoms in total. The molecule has 22 heavy (non-hydrogen) atoms. The minimum absolute atomic E-state index is 0.0744. The highest BCUT2D eigenvalue weighted by Crippen LogP contribution is 2.19. The van der Waals surface area contributed by atoms with Crippen LogP contribution in [0.15, 0.2) is 16.9 Å². The van der Waals surface area contributed by atoms with Crippen molar-refractivity contribution in [2.24, 2.45) is 0 Å². The number of nitrogens with zero attached hydrogens (tertiary/aromatic N) is 2. The van der Waals surface area contributed by atoms with Crippen molar-refractivity contribution in [1.82, 2.24) is 9.47 Å². The first-order chi connectivity index (χ1) is 10.6. The van der Waals surface area contributed by atoms with Crippen molar-refractivity contribution in [2.45, 2.75) is 46.2 Å². The van der Waals surface area contributed by atoms with E-state index in [2.05, 4.69) is 18.7 Å². The van der Waals surface area contributed by atoms with Crippen LogP contribution in [-0.4, -0.2) is 33.6 Å². The first-order valence-corrected chi connectivity index (χ1v) is 7.95. The summed E-state index contributed by atoms with van der Waals surface area (Å²) in [5.41, 5.74) is 2.66. The number of rotatable bonds is 6. The molecular formula is C17H24N2O3. The zero-order valence-corrected chi connectivity index (χ0v) is 13.3. The van der Waals surface area contributed by atoms with Crippen LogP contribution >= 0.6 is 0 Å². The fraction of sp³-hybridized carbons (Fsp3) is 0.529. The highest BCUT2D eigenvalue weighted by Gasteiger charge is 2.20. The molecule has 0 fully saturated rings. The summed E-state index contributed by atoms with van der Waals surface area (Å²) in [4.78, 5) is 25.7. The summed E-state index contributed by atoms with van der Waals surface area (Å²) in [6.07, 6.45) is 5.31. The average molecular weight is 304 g/mol. The molecule has 120 valence electrons. The third kappa shape index (κ3) is 3.65. The number of likely N-dealkylation sites (N-methyl/N-ethyl adjacent to an activating group) is 1.